The van der Waals surface area contributed by atoms with Gasteiger partial charge in [0, 0.05) is 44.2 Å². The number of methoxy groups -OCH3 is 2. The standard InChI is InChI=1S/C17H22N4O5.2ClH/c1-24-15-11-13-3-4-17(18-14(13)12-16(15)25-2)20-7-5-19(6-8-20)9-10-26-21(22)23;;/h3-4,11-12H,5-10H2,1-2H3;2*1H. The van der Waals surface area contributed by atoms with Crippen LogP contribution in [0.4, 0.5) is 5.82 Å². The summed E-state index contributed by atoms with van der Waals surface area (Å²) in [6.45, 7) is 3.90. The van der Waals surface area contributed by atoms with Gasteiger partial charge in [0.1, 0.15) is 12.4 Å². The van der Waals surface area contributed by atoms with E-state index in [-0.39, 0.29) is 31.4 Å². The van der Waals surface area contributed by atoms with E-state index < -0.39 is 5.09 Å². The molecule has 0 saturated carbocycles. The first kappa shape index (κ1) is 23.8. The van der Waals surface area contributed by atoms with Crippen LogP contribution in [0.1, 0.15) is 0 Å². The zero-order valence-electron chi connectivity index (χ0n) is 15.7. The van der Waals surface area contributed by atoms with Crippen molar-refractivity contribution in [2.45, 2.75) is 0 Å². The van der Waals surface area contributed by atoms with Crippen LogP contribution < -0.4 is 14.4 Å². The van der Waals surface area contributed by atoms with Crippen molar-refractivity contribution < 1.29 is 19.4 Å². The molecule has 1 fully saturated rings. The summed E-state index contributed by atoms with van der Waals surface area (Å²) in [4.78, 5) is 23.7. The van der Waals surface area contributed by atoms with E-state index in [0.29, 0.717) is 18.0 Å². The molecule has 0 atom stereocenters. The molecule has 156 valence electrons. The van der Waals surface area contributed by atoms with Crippen molar-refractivity contribution in [3.8, 4) is 11.5 Å². The number of aromatic nitrogens is 1. The molecule has 1 aromatic heterocycles. The Kier molecular flexibility index (Phi) is 9.30. The lowest BCUT2D eigenvalue weighted by atomic mass is 10.2. The van der Waals surface area contributed by atoms with Crippen LogP contribution in [0.2, 0.25) is 0 Å². The number of pyridine rings is 1. The molecule has 3 rings (SSSR count). The maximum Gasteiger partial charge on any atom is 0.294 e. The van der Waals surface area contributed by atoms with Gasteiger partial charge in [0.2, 0.25) is 0 Å². The van der Waals surface area contributed by atoms with E-state index in [1.54, 1.807) is 14.2 Å². The van der Waals surface area contributed by atoms with Gasteiger partial charge >= 0.3 is 0 Å². The Balaban J connectivity index is 0.00000196. The van der Waals surface area contributed by atoms with Gasteiger partial charge in [-0.2, -0.15) is 0 Å². The Bertz CT molecular complexity index is 787. The lowest BCUT2D eigenvalue weighted by Crippen LogP contribution is -2.47. The zero-order valence-corrected chi connectivity index (χ0v) is 17.3. The molecule has 9 nitrogen and oxygen atoms in total. The predicted octanol–water partition coefficient (Wildman–Crippen LogP) is 2.43. The maximum absolute atomic E-state index is 10.2. The fourth-order valence-corrected chi connectivity index (χ4v) is 3.06. The highest BCUT2D eigenvalue weighted by Crippen LogP contribution is 2.32. The van der Waals surface area contributed by atoms with Crippen LogP contribution in [0.15, 0.2) is 24.3 Å². The highest BCUT2D eigenvalue weighted by molar-refractivity contribution is 5.86. The van der Waals surface area contributed by atoms with Crippen LogP contribution in [0.3, 0.4) is 0 Å². The van der Waals surface area contributed by atoms with Gasteiger partial charge in [-0.3, -0.25) is 4.90 Å². The SMILES string of the molecule is COc1cc2ccc(N3CCN(CCO[N+](=O)[O-])CC3)nc2cc1OC.Cl.Cl. The summed E-state index contributed by atoms with van der Waals surface area (Å²) in [5, 5.41) is 10.4. The maximum atomic E-state index is 10.2. The second kappa shape index (κ2) is 10.9. The van der Waals surface area contributed by atoms with E-state index in [0.717, 1.165) is 42.9 Å². The van der Waals surface area contributed by atoms with Crippen LogP contribution in [0, 0.1) is 10.1 Å². The first-order chi connectivity index (χ1) is 12.6. The monoisotopic (exact) mass is 434 g/mol. The number of nitrogens with zero attached hydrogens (tertiary/aromatic N) is 4. The molecular formula is C17H24Cl2N4O5. The Morgan fingerprint density at radius 3 is 2.32 bits per heavy atom. The summed E-state index contributed by atoms with van der Waals surface area (Å²) < 4.78 is 10.7. The van der Waals surface area contributed by atoms with Gasteiger partial charge in [0.25, 0.3) is 5.09 Å². The molecule has 0 unspecified atom stereocenters. The zero-order chi connectivity index (χ0) is 18.5. The van der Waals surface area contributed by atoms with Crippen LogP contribution in [0.25, 0.3) is 10.9 Å². The molecule has 1 aromatic carbocycles. The number of hydrogen-bond acceptors (Lipinski definition) is 8. The molecule has 1 aliphatic heterocycles. The van der Waals surface area contributed by atoms with Gasteiger partial charge in [0.05, 0.1) is 19.7 Å². The van der Waals surface area contributed by atoms with Crippen molar-refractivity contribution in [3.05, 3.63) is 34.4 Å². The molecule has 1 aliphatic rings. The predicted molar refractivity (Wildman–Crippen MR) is 111 cm³/mol. The second-order valence-corrected chi connectivity index (χ2v) is 5.95. The summed E-state index contributed by atoms with van der Waals surface area (Å²) in [5.74, 6) is 2.24. The summed E-state index contributed by atoms with van der Waals surface area (Å²) >= 11 is 0. The van der Waals surface area contributed by atoms with Crippen LogP contribution in [-0.4, -0.2) is 68.5 Å². The highest BCUT2D eigenvalue weighted by atomic mass is 35.5. The molecule has 0 radical (unpaired) electrons. The van der Waals surface area contributed by atoms with E-state index in [2.05, 4.69) is 14.6 Å². The third-order valence-corrected chi connectivity index (χ3v) is 4.48. The summed E-state index contributed by atoms with van der Waals surface area (Å²) in [5.41, 5.74) is 0.849. The lowest BCUT2D eigenvalue weighted by molar-refractivity contribution is -0.757. The molecule has 0 amide bonds. The summed E-state index contributed by atoms with van der Waals surface area (Å²) in [6, 6.07) is 7.82. The minimum atomic E-state index is -0.751. The van der Waals surface area contributed by atoms with Gasteiger partial charge < -0.3 is 19.2 Å². The molecule has 2 heterocycles. The first-order valence-electron chi connectivity index (χ1n) is 8.38. The number of ether oxygens (including phenoxy) is 2. The van der Waals surface area contributed by atoms with Gasteiger partial charge in [-0.05, 0) is 18.2 Å². The van der Waals surface area contributed by atoms with Gasteiger partial charge in [0.15, 0.2) is 11.5 Å². The smallest absolute Gasteiger partial charge is 0.294 e. The highest BCUT2D eigenvalue weighted by Gasteiger charge is 2.18. The van der Waals surface area contributed by atoms with Crippen molar-refractivity contribution in [1.82, 2.24) is 9.88 Å². The number of anilines is 1. The molecular weight excluding hydrogens is 411 g/mol. The third kappa shape index (κ3) is 5.63. The fraction of sp³-hybridized carbons (Fsp3) is 0.471. The number of rotatable bonds is 7. The molecule has 28 heavy (non-hydrogen) atoms. The van der Waals surface area contributed by atoms with E-state index in [4.69, 9.17) is 14.5 Å². The van der Waals surface area contributed by atoms with E-state index in [9.17, 15) is 10.1 Å². The molecule has 0 bridgehead atoms. The first-order valence-corrected chi connectivity index (χ1v) is 8.38. The van der Waals surface area contributed by atoms with Crippen molar-refractivity contribution in [1.29, 1.82) is 0 Å². The Hall–Kier alpha value is -2.23. The molecule has 0 aliphatic carbocycles. The van der Waals surface area contributed by atoms with E-state index >= 15 is 0 Å². The minimum absolute atomic E-state index is 0. The van der Waals surface area contributed by atoms with Gasteiger partial charge in [-0.1, -0.05) is 0 Å². The molecule has 0 spiro atoms. The Morgan fingerprint density at radius 1 is 1.07 bits per heavy atom. The third-order valence-electron chi connectivity index (χ3n) is 4.48. The largest absolute Gasteiger partial charge is 0.493 e. The normalized spacial score (nSPS) is 14.0. The van der Waals surface area contributed by atoms with Gasteiger partial charge in [-0.25, -0.2) is 4.98 Å². The van der Waals surface area contributed by atoms with E-state index in [1.165, 1.54) is 0 Å². The summed E-state index contributed by atoms with van der Waals surface area (Å²) in [7, 11) is 3.22. The Labute approximate surface area is 175 Å². The van der Waals surface area contributed by atoms with Crippen LogP contribution in [-0.2, 0) is 4.84 Å². The number of piperazine rings is 1. The molecule has 11 heteroatoms. The molecule has 1 saturated heterocycles. The van der Waals surface area contributed by atoms with E-state index in [1.807, 2.05) is 24.3 Å². The molecule has 2 aromatic rings. The average molecular weight is 435 g/mol. The Morgan fingerprint density at radius 2 is 1.71 bits per heavy atom. The molecule has 0 N–H and O–H groups in total. The van der Waals surface area contributed by atoms with Crippen LogP contribution in [0.5, 0.6) is 11.5 Å². The minimum Gasteiger partial charge on any atom is -0.493 e. The number of halogens is 2. The second-order valence-electron chi connectivity index (χ2n) is 5.95. The topological polar surface area (TPSA) is 90.2 Å². The van der Waals surface area contributed by atoms with Crippen molar-refractivity contribution >= 4 is 41.5 Å². The lowest BCUT2D eigenvalue weighted by Gasteiger charge is -2.35. The fourth-order valence-electron chi connectivity index (χ4n) is 3.06. The number of hydrogen-bond donors (Lipinski definition) is 0. The van der Waals surface area contributed by atoms with Crippen molar-refractivity contribution in [2.75, 3.05) is 58.5 Å². The summed E-state index contributed by atoms with van der Waals surface area (Å²) in [6.07, 6.45) is 0. The number of benzene rings is 1. The van der Waals surface area contributed by atoms with Crippen molar-refractivity contribution in [2.24, 2.45) is 0 Å². The van der Waals surface area contributed by atoms with Crippen LogP contribution >= 0.6 is 24.8 Å². The van der Waals surface area contributed by atoms with Gasteiger partial charge in [-0.15, -0.1) is 34.9 Å². The quantitative estimate of drug-likeness (QED) is 0.484. The number of fused-ring (bicyclic) bond motifs is 1. The average Bonchev–Trinajstić information content (AvgIpc) is 2.66. The van der Waals surface area contributed by atoms with Crippen molar-refractivity contribution in [3.63, 3.8) is 0 Å².